The van der Waals surface area contributed by atoms with Crippen LogP contribution in [0.1, 0.15) is 17.4 Å². The molecule has 8 nitrogen and oxygen atoms in total. The number of anilines is 2. The number of halogens is 2. The van der Waals surface area contributed by atoms with E-state index in [4.69, 9.17) is 32.7 Å². The fraction of sp³-hybridized carbons (Fsp3) is 0.167. The minimum atomic E-state index is -0.606. The number of aromatic nitrogens is 1. The largest absolute Gasteiger partial charge is 0.495 e. The zero-order chi connectivity index (χ0) is 20.4. The molecule has 146 valence electrons. The number of methoxy groups -OCH3 is 1. The highest BCUT2D eigenvalue weighted by molar-refractivity contribution is 6.37. The molecule has 0 aliphatic heterocycles. The topological polar surface area (TPSA) is 106 Å². The van der Waals surface area contributed by atoms with Gasteiger partial charge in [-0.25, -0.2) is 4.79 Å². The lowest BCUT2D eigenvalue weighted by Crippen LogP contribution is -2.04. The van der Waals surface area contributed by atoms with Crippen LogP contribution in [0.15, 0.2) is 30.3 Å². The average molecular weight is 424 g/mol. The van der Waals surface area contributed by atoms with Crippen LogP contribution >= 0.6 is 23.2 Å². The standard InChI is InChI=1S/C18H15Cl2N3O5/c1-3-28-18(24)14-6-9-12(4-5-15(23(25)26)17(9)22-14)21-13-8-16(27-2)11(20)7-10(13)19/h4-8,21-22H,3H2,1-2H3. The van der Waals surface area contributed by atoms with E-state index in [1.807, 2.05) is 0 Å². The van der Waals surface area contributed by atoms with Gasteiger partial charge in [0, 0.05) is 23.2 Å². The van der Waals surface area contributed by atoms with Crippen molar-refractivity contribution in [2.45, 2.75) is 6.92 Å². The minimum absolute atomic E-state index is 0.106. The second-order valence-corrected chi connectivity index (χ2v) is 6.49. The van der Waals surface area contributed by atoms with E-state index >= 15 is 0 Å². The fourth-order valence-corrected chi connectivity index (χ4v) is 3.22. The minimum Gasteiger partial charge on any atom is -0.495 e. The fourth-order valence-electron chi connectivity index (χ4n) is 2.71. The summed E-state index contributed by atoms with van der Waals surface area (Å²) >= 11 is 12.3. The van der Waals surface area contributed by atoms with Crippen molar-refractivity contribution in [3.8, 4) is 5.75 Å². The van der Waals surface area contributed by atoms with E-state index in [0.717, 1.165) is 0 Å². The van der Waals surface area contributed by atoms with E-state index in [1.165, 1.54) is 31.4 Å². The van der Waals surface area contributed by atoms with Gasteiger partial charge in [-0.05, 0) is 25.1 Å². The van der Waals surface area contributed by atoms with E-state index in [0.29, 0.717) is 32.6 Å². The molecule has 1 heterocycles. The van der Waals surface area contributed by atoms with Crippen LogP contribution in [0.2, 0.25) is 10.0 Å². The highest BCUT2D eigenvalue weighted by atomic mass is 35.5. The number of ether oxygens (including phenoxy) is 2. The quantitative estimate of drug-likeness (QED) is 0.316. The summed E-state index contributed by atoms with van der Waals surface area (Å²) in [4.78, 5) is 25.6. The molecule has 0 unspecified atom stereocenters. The molecular formula is C18H15Cl2N3O5. The molecule has 0 saturated carbocycles. The SMILES string of the molecule is CCOC(=O)c1cc2c(Nc3cc(OC)c(Cl)cc3Cl)ccc([N+](=O)[O-])c2[nH]1. The lowest BCUT2D eigenvalue weighted by molar-refractivity contribution is -0.383. The zero-order valence-corrected chi connectivity index (χ0v) is 16.4. The van der Waals surface area contributed by atoms with Crippen molar-refractivity contribution in [2.75, 3.05) is 19.0 Å². The molecule has 0 fully saturated rings. The Labute approximate surface area is 169 Å². The molecule has 1 aromatic heterocycles. The Morgan fingerprint density at radius 1 is 1.21 bits per heavy atom. The molecule has 0 saturated heterocycles. The zero-order valence-electron chi connectivity index (χ0n) is 14.8. The van der Waals surface area contributed by atoms with Crippen LogP contribution in [0.5, 0.6) is 5.75 Å². The summed E-state index contributed by atoms with van der Waals surface area (Å²) in [7, 11) is 1.47. The lowest BCUT2D eigenvalue weighted by atomic mass is 10.1. The smallest absolute Gasteiger partial charge is 0.354 e. The van der Waals surface area contributed by atoms with Crippen LogP contribution in [0.25, 0.3) is 10.9 Å². The average Bonchev–Trinajstić information content (AvgIpc) is 3.09. The number of hydrogen-bond acceptors (Lipinski definition) is 6. The van der Waals surface area contributed by atoms with Crippen LogP contribution in [0.4, 0.5) is 17.1 Å². The Hall–Kier alpha value is -2.97. The maximum atomic E-state index is 12.0. The second kappa shape index (κ2) is 7.95. The maximum Gasteiger partial charge on any atom is 0.354 e. The molecule has 3 rings (SSSR count). The summed E-state index contributed by atoms with van der Waals surface area (Å²) < 4.78 is 10.2. The lowest BCUT2D eigenvalue weighted by Gasteiger charge is -2.12. The van der Waals surface area contributed by atoms with Crippen molar-refractivity contribution in [3.05, 3.63) is 56.2 Å². The number of carbonyl (C=O) groups is 1. The molecule has 0 aliphatic rings. The van der Waals surface area contributed by atoms with Crippen LogP contribution in [-0.4, -0.2) is 29.6 Å². The first-order valence-electron chi connectivity index (χ1n) is 8.13. The van der Waals surface area contributed by atoms with Gasteiger partial charge in [-0.1, -0.05) is 23.2 Å². The summed E-state index contributed by atoms with van der Waals surface area (Å²) in [6.07, 6.45) is 0. The predicted molar refractivity (Wildman–Crippen MR) is 107 cm³/mol. The summed E-state index contributed by atoms with van der Waals surface area (Å²) in [5.74, 6) is -0.196. The first-order chi connectivity index (χ1) is 13.3. The Bertz CT molecular complexity index is 1080. The molecule has 0 aliphatic carbocycles. The first-order valence-corrected chi connectivity index (χ1v) is 8.88. The van der Waals surface area contributed by atoms with Gasteiger partial charge in [0.15, 0.2) is 0 Å². The number of carbonyl (C=O) groups excluding carboxylic acids is 1. The van der Waals surface area contributed by atoms with Crippen LogP contribution in [0, 0.1) is 10.1 Å². The number of non-ortho nitro benzene ring substituents is 1. The summed E-state index contributed by atoms with van der Waals surface area (Å²) in [6.45, 7) is 1.85. The number of fused-ring (bicyclic) bond motifs is 1. The highest BCUT2D eigenvalue weighted by Gasteiger charge is 2.21. The van der Waals surface area contributed by atoms with Gasteiger partial charge in [-0.15, -0.1) is 0 Å². The normalized spacial score (nSPS) is 10.7. The van der Waals surface area contributed by atoms with E-state index < -0.39 is 10.9 Å². The van der Waals surface area contributed by atoms with Gasteiger partial charge in [0.1, 0.15) is 17.0 Å². The van der Waals surface area contributed by atoms with Crippen LogP contribution in [-0.2, 0) is 4.74 Å². The van der Waals surface area contributed by atoms with Crippen LogP contribution in [0.3, 0.4) is 0 Å². The van der Waals surface area contributed by atoms with Gasteiger partial charge in [0.25, 0.3) is 5.69 Å². The summed E-state index contributed by atoms with van der Waals surface area (Å²) in [5.41, 5.74) is 1.11. The van der Waals surface area contributed by atoms with Gasteiger partial charge in [0.05, 0.1) is 34.4 Å². The monoisotopic (exact) mass is 423 g/mol. The second-order valence-electron chi connectivity index (χ2n) is 5.67. The third-order valence-corrected chi connectivity index (χ3v) is 4.58. The molecule has 0 amide bonds. The number of benzene rings is 2. The molecule has 10 heteroatoms. The Balaban J connectivity index is 2.13. The highest BCUT2D eigenvalue weighted by Crippen LogP contribution is 2.38. The molecule has 2 aromatic carbocycles. The van der Waals surface area contributed by atoms with E-state index in [1.54, 1.807) is 13.0 Å². The molecule has 28 heavy (non-hydrogen) atoms. The third-order valence-electron chi connectivity index (χ3n) is 3.97. The Morgan fingerprint density at radius 3 is 2.61 bits per heavy atom. The number of nitrogens with one attached hydrogen (secondary N) is 2. The number of nitro benzene ring substituents is 1. The van der Waals surface area contributed by atoms with Crippen molar-refractivity contribution in [2.24, 2.45) is 0 Å². The van der Waals surface area contributed by atoms with Crippen LogP contribution < -0.4 is 10.1 Å². The van der Waals surface area contributed by atoms with E-state index in [9.17, 15) is 14.9 Å². The summed E-state index contributed by atoms with van der Waals surface area (Å²) in [6, 6.07) is 7.48. The molecule has 0 bridgehead atoms. The Morgan fingerprint density at radius 2 is 1.96 bits per heavy atom. The van der Waals surface area contributed by atoms with E-state index in [2.05, 4.69) is 10.3 Å². The van der Waals surface area contributed by atoms with Gasteiger partial charge in [-0.3, -0.25) is 10.1 Å². The van der Waals surface area contributed by atoms with Gasteiger partial charge in [-0.2, -0.15) is 0 Å². The number of hydrogen-bond donors (Lipinski definition) is 2. The first kappa shape index (κ1) is 19.8. The van der Waals surface area contributed by atoms with Crippen molar-refractivity contribution < 1.29 is 19.2 Å². The molecule has 0 radical (unpaired) electrons. The van der Waals surface area contributed by atoms with Gasteiger partial charge < -0.3 is 19.8 Å². The number of H-pyrrole nitrogens is 1. The molecule has 3 aromatic rings. The third kappa shape index (κ3) is 3.69. The molecule has 2 N–H and O–H groups in total. The van der Waals surface area contributed by atoms with Crippen molar-refractivity contribution in [1.29, 1.82) is 0 Å². The van der Waals surface area contributed by atoms with E-state index in [-0.39, 0.29) is 23.5 Å². The van der Waals surface area contributed by atoms with Crippen molar-refractivity contribution in [3.63, 3.8) is 0 Å². The summed E-state index contributed by atoms with van der Waals surface area (Å²) in [5, 5.41) is 15.6. The van der Waals surface area contributed by atoms with Crippen molar-refractivity contribution >= 4 is 57.1 Å². The number of nitro groups is 1. The molecular weight excluding hydrogens is 409 g/mol. The maximum absolute atomic E-state index is 12.0. The number of esters is 1. The number of nitrogens with zero attached hydrogens (tertiary/aromatic N) is 1. The van der Waals surface area contributed by atoms with Gasteiger partial charge >= 0.3 is 5.97 Å². The Kier molecular flexibility index (Phi) is 5.62. The number of rotatable bonds is 6. The van der Waals surface area contributed by atoms with Gasteiger partial charge in [0.2, 0.25) is 0 Å². The predicted octanol–water partition coefficient (Wildman–Crippen LogP) is 5.31. The molecule has 0 spiro atoms. The number of aromatic amines is 1. The van der Waals surface area contributed by atoms with Crippen molar-refractivity contribution in [1.82, 2.24) is 4.98 Å². The molecule has 0 atom stereocenters.